The molecule has 1 aliphatic heterocycles. The van der Waals surface area contributed by atoms with E-state index in [0.29, 0.717) is 0 Å². The van der Waals surface area contributed by atoms with Gasteiger partial charge in [-0.3, -0.25) is 19.3 Å². The first kappa shape index (κ1) is 15.5. The number of hydrogen-bond donors (Lipinski definition) is 0. The first-order valence-corrected chi connectivity index (χ1v) is 6.40. The predicted octanol–water partition coefficient (Wildman–Crippen LogP) is 0.650. The lowest BCUT2D eigenvalue weighted by atomic mass is 10.1. The molecule has 1 aromatic rings. The van der Waals surface area contributed by atoms with Crippen LogP contribution in [-0.2, 0) is 14.4 Å². The molecular formula is C13H13N3O6. The van der Waals surface area contributed by atoms with Crippen LogP contribution < -0.4 is 9.64 Å². The molecule has 2 rings (SSSR count). The molecule has 0 spiro atoms. The lowest BCUT2D eigenvalue weighted by Crippen LogP contribution is -2.55. The highest BCUT2D eigenvalue weighted by molar-refractivity contribution is 6.15. The van der Waals surface area contributed by atoms with E-state index in [0.717, 1.165) is 24.8 Å². The van der Waals surface area contributed by atoms with E-state index in [1.165, 1.54) is 13.0 Å². The first-order chi connectivity index (χ1) is 10.2. The van der Waals surface area contributed by atoms with Crippen molar-refractivity contribution < 1.29 is 24.0 Å². The van der Waals surface area contributed by atoms with Gasteiger partial charge in [0.2, 0.25) is 0 Å². The number of carbonyl (C=O) groups is 3. The highest BCUT2D eigenvalue weighted by Crippen LogP contribution is 2.35. The van der Waals surface area contributed by atoms with Gasteiger partial charge in [-0.05, 0) is 36.7 Å². The van der Waals surface area contributed by atoms with E-state index < -0.39 is 40.4 Å². The van der Waals surface area contributed by atoms with Gasteiger partial charge < -0.3 is 14.9 Å². The van der Waals surface area contributed by atoms with Crippen LogP contribution in [0.3, 0.4) is 0 Å². The van der Waals surface area contributed by atoms with Gasteiger partial charge in [-0.2, -0.15) is 0 Å². The zero-order valence-electron chi connectivity index (χ0n) is 12.1. The normalized spacial score (nSPS) is 17.0. The maximum Gasteiger partial charge on any atom is 0.366 e. The Hall–Kier alpha value is -2.84. The molecule has 0 N–H and O–H groups in total. The highest BCUT2D eigenvalue weighted by atomic mass is 16.6. The summed E-state index contributed by atoms with van der Waals surface area (Å²) in [6.07, 6.45) is -0.933. The number of hydrogen-bond acceptors (Lipinski definition) is 7. The molecule has 1 amide bonds. The van der Waals surface area contributed by atoms with Crippen LogP contribution in [0.5, 0.6) is 5.75 Å². The highest BCUT2D eigenvalue weighted by Gasteiger charge is 2.44. The molecule has 1 atom stereocenters. The van der Waals surface area contributed by atoms with Crippen LogP contribution in [0, 0.1) is 10.1 Å². The van der Waals surface area contributed by atoms with E-state index in [4.69, 9.17) is 4.74 Å². The molecule has 9 heteroatoms. The van der Waals surface area contributed by atoms with Gasteiger partial charge in [-0.25, -0.2) is 0 Å². The van der Waals surface area contributed by atoms with Gasteiger partial charge in [0.05, 0.1) is 0 Å². The largest absolute Gasteiger partial charge is 0.475 e. The van der Waals surface area contributed by atoms with E-state index in [2.05, 4.69) is 4.98 Å². The van der Waals surface area contributed by atoms with Gasteiger partial charge in [0.15, 0.2) is 29.5 Å². The fourth-order valence-electron chi connectivity index (χ4n) is 2.23. The number of pyridine rings is 1. The topological polar surface area (TPSA) is 120 Å². The Morgan fingerprint density at radius 2 is 1.95 bits per heavy atom. The summed E-state index contributed by atoms with van der Waals surface area (Å²) in [5.74, 6) is -2.39. The number of Topliss-reactive ketones (excluding diaryl/α,β-unsaturated/α-hetero) is 2. The molecule has 1 unspecified atom stereocenters. The molecule has 0 saturated heterocycles. The molecule has 0 aromatic carbocycles. The molecule has 0 bridgehead atoms. The summed E-state index contributed by atoms with van der Waals surface area (Å²) >= 11 is 0. The third-order valence-electron chi connectivity index (χ3n) is 3.16. The summed E-state index contributed by atoms with van der Waals surface area (Å²) in [6, 6.07) is 1.02. The second-order valence-corrected chi connectivity index (χ2v) is 4.84. The standard InChI is InChI=1S/C13H13N3O6/c1-6(17)11(7(2)18)15-12-9(22-8(3)13(15)19)4-5-10(14-12)16(20)21/h4-5,8,11H,1-3H3. The van der Waals surface area contributed by atoms with Crippen molar-refractivity contribution >= 4 is 29.1 Å². The lowest BCUT2D eigenvalue weighted by Gasteiger charge is -2.32. The Bertz CT molecular complexity index is 672. The van der Waals surface area contributed by atoms with Gasteiger partial charge >= 0.3 is 5.82 Å². The fraction of sp³-hybridized carbons (Fsp3) is 0.385. The lowest BCUT2D eigenvalue weighted by molar-refractivity contribution is -0.389. The zero-order chi connectivity index (χ0) is 16.6. The molecule has 0 aliphatic carbocycles. The van der Waals surface area contributed by atoms with Crippen molar-refractivity contribution in [2.75, 3.05) is 4.90 Å². The van der Waals surface area contributed by atoms with Gasteiger partial charge in [-0.15, -0.1) is 0 Å². The summed E-state index contributed by atoms with van der Waals surface area (Å²) < 4.78 is 5.32. The van der Waals surface area contributed by atoms with Crippen molar-refractivity contribution in [1.29, 1.82) is 0 Å². The van der Waals surface area contributed by atoms with Crippen LogP contribution in [0.15, 0.2) is 12.1 Å². The minimum Gasteiger partial charge on any atom is -0.475 e. The Balaban J connectivity index is 2.65. The molecule has 0 radical (unpaired) electrons. The van der Waals surface area contributed by atoms with Crippen molar-refractivity contribution in [2.24, 2.45) is 0 Å². The Morgan fingerprint density at radius 3 is 2.45 bits per heavy atom. The Morgan fingerprint density at radius 1 is 1.36 bits per heavy atom. The summed E-state index contributed by atoms with van der Waals surface area (Å²) in [5, 5.41) is 10.8. The van der Waals surface area contributed by atoms with E-state index in [1.54, 1.807) is 0 Å². The van der Waals surface area contributed by atoms with Crippen LogP contribution in [0.25, 0.3) is 0 Å². The van der Waals surface area contributed by atoms with Gasteiger partial charge in [0.1, 0.15) is 0 Å². The number of carbonyl (C=O) groups excluding carboxylic acids is 3. The third-order valence-corrected chi connectivity index (χ3v) is 3.16. The van der Waals surface area contributed by atoms with Crippen molar-refractivity contribution in [3.05, 3.63) is 22.2 Å². The van der Waals surface area contributed by atoms with Gasteiger partial charge in [0, 0.05) is 6.07 Å². The average Bonchev–Trinajstić information content (AvgIpc) is 2.42. The first-order valence-electron chi connectivity index (χ1n) is 6.40. The number of amides is 1. The maximum absolute atomic E-state index is 12.3. The molecule has 22 heavy (non-hydrogen) atoms. The van der Waals surface area contributed by atoms with Gasteiger partial charge in [-0.1, -0.05) is 0 Å². The smallest absolute Gasteiger partial charge is 0.366 e. The van der Waals surface area contributed by atoms with E-state index in [1.807, 2.05) is 0 Å². The molecule has 0 saturated carbocycles. The third kappa shape index (κ3) is 2.52. The fourth-order valence-corrected chi connectivity index (χ4v) is 2.23. The zero-order valence-corrected chi connectivity index (χ0v) is 12.1. The number of ether oxygens (including phenoxy) is 1. The Kier molecular flexibility index (Phi) is 3.89. The minimum absolute atomic E-state index is 0.102. The van der Waals surface area contributed by atoms with Crippen LogP contribution in [0.4, 0.5) is 11.6 Å². The molecule has 0 fully saturated rings. The van der Waals surface area contributed by atoms with Crippen molar-refractivity contribution in [3.8, 4) is 5.75 Å². The maximum atomic E-state index is 12.3. The summed E-state index contributed by atoms with van der Waals surface area (Å²) in [4.78, 5) is 50.5. The number of fused-ring (bicyclic) bond motifs is 1. The average molecular weight is 307 g/mol. The van der Waals surface area contributed by atoms with E-state index >= 15 is 0 Å². The number of ketones is 2. The molecule has 9 nitrogen and oxygen atoms in total. The summed E-state index contributed by atoms with van der Waals surface area (Å²) in [7, 11) is 0. The SMILES string of the molecule is CC(=O)C(C(C)=O)N1C(=O)C(C)Oc2ccc([N+](=O)[O-])nc21. The summed E-state index contributed by atoms with van der Waals surface area (Å²) in [6.45, 7) is 3.78. The second-order valence-electron chi connectivity index (χ2n) is 4.84. The number of anilines is 1. The quantitative estimate of drug-likeness (QED) is 0.455. The van der Waals surface area contributed by atoms with Crippen LogP contribution >= 0.6 is 0 Å². The molecule has 1 aliphatic rings. The van der Waals surface area contributed by atoms with Crippen molar-refractivity contribution in [2.45, 2.75) is 32.9 Å². The monoisotopic (exact) mass is 307 g/mol. The molecule has 116 valence electrons. The van der Waals surface area contributed by atoms with Gasteiger partial charge in [0.25, 0.3) is 11.7 Å². The number of aromatic nitrogens is 1. The van der Waals surface area contributed by atoms with Crippen LogP contribution in [-0.4, -0.2) is 39.5 Å². The molecule has 1 aromatic heterocycles. The van der Waals surface area contributed by atoms with Crippen molar-refractivity contribution in [1.82, 2.24) is 4.98 Å². The van der Waals surface area contributed by atoms with E-state index in [9.17, 15) is 24.5 Å². The number of nitrogens with zero attached hydrogens (tertiary/aromatic N) is 3. The molecular weight excluding hydrogens is 294 g/mol. The molecule has 2 heterocycles. The Labute approximate surface area is 125 Å². The van der Waals surface area contributed by atoms with Crippen LogP contribution in [0.2, 0.25) is 0 Å². The summed E-state index contributed by atoms with van der Waals surface area (Å²) in [5.41, 5.74) is 0. The minimum atomic E-state index is -1.38. The van der Waals surface area contributed by atoms with E-state index in [-0.39, 0.29) is 11.6 Å². The van der Waals surface area contributed by atoms with Crippen LogP contribution in [0.1, 0.15) is 20.8 Å². The second kappa shape index (κ2) is 5.51. The predicted molar refractivity (Wildman–Crippen MR) is 73.6 cm³/mol. The number of rotatable bonds is 4. The van der Waals surface area contributed by atoms with Crippen molar-refractivity contribution in [3.63, 3.8) is 0 Å². The number of nitro groups is 1.